The minimum atomic E-state index is -0.380. The number of nitrogens with zero attached hydrogens (tertiary/aromatic N) is 2. The van der Waals surface area contributed by atoms with E-state index in [0.29, 0.717) is 21.8 Å². The number of rotatable bonds is 4. The zero-order chi connectivity index (χ0) is 19.8. The molecule has 0 saturated heterocycles. The topological polar surface area (TPSA) is 86.5 Å². The zero-order valence-electron chi connectivity index (χ0n) is 15.5. The maximum absolute atomic E-state index is 12.0. The van der Waals surface area contributed by atoms with Crippen molar-refractivity contribution in [3.8, 4) is 0 Å². The quantitative estimate of drug-likeness (QED) is 0.631. The summed E-state index contributed by atoms with van der Waals surface area (Å²) in [6.07, 6.45) is -0.184. The molecule has 7 heteroatoms. The van der Waals surface area contributed by atoms with Gasteiger partial charge in [-0.15, -0.1) is 11.3 Å². The number of anilines is 1. The number of para-hydroxylation sites is 1. The molecule has 1 aliphatic heterocycles. The lowest BCUT2D eigenvalue weighted by atomic mass is 10.2. The standard InChI is InChI=1S/C21H19N3O3S/c1-12(2)27-21(26)13-7-9-14(10-8-13)24-11-16(25)18(19(24)22)20-23-15-5-3-4-6-17(15)28-20/h3-10,12,22,25H,11H2,1-2H3. The average Bonchev–Trinajstić information content (AvgIpc) is 3.21. The molecule has 0 saturated carbocycles. The fraction of sp³-hybridized carbons (Fsp3) is 0.190. The first kappa shape index (κ1) is 18.2. The minimum absolute atomic E-state index is 0.118. The van der Waals surface area contributed by atoms with Gasteiger partial charge >= 0.3 is 5.97 Å². The molecule has 2 N–H and O–H groups in total. The number of aromatic nitrogens is 1. The minimum Gasteiger partial charge on any atom is -0.510 e. The number of aliphatic hydroxyl groups is 1. The molecule has 0 atom stereocenters. The van der Waals surface area contributed by atoms with Crippen LogP contribution in [0.3, 0.4) is 0 Å². The first-order valence-electron chi connectivity index (χ1n) is 8.89. The number of fused-ring (bicyclic) bond motifs is 1. The van der Waals surface area contributed by atoms with Gasteiger partial charge in [-0.3, -0.25) is 5.41 Å². The molecule has 0 fully saturated rings. The van der Waals surface area contributed by atoms with Gasteiger partial charge in [-0.25, -0.2) is 9.78 Å². The Kier molecular flexibility index (Phi) is 4.60. The van der Waals surface area contributed by atoms with Crippen LogP contribution in [-0.2, 0) is 4.74 Å². The lowest BCUT2D eigenvalue weighted by Crippen LogP contribution is -2.26. The summed E-state index contributed by atoms with van der Waals surface area (Å²) in [5.74, 6) is -0.0735. The molecule has 3 aromatic rings. The second-order valence-electron chi connectivity index (χ2n) is 6.74. The number of ether oxygens (including phenoxy) is 1. The number of carbonyl (C=O) groups is 1. The summed E-state index contributed by atoms with van der Waals surface area (Å²) in [6, 6.07) is 14.6. The third-order valence-electron chi connectivity index (χ3n) is 4.37. The Bertz CT molecular complexity index is 1070. The lowest BCUT2D eigenvalue weighted by molar-refractivity contribution is 0.0378. The van der Waals surface area contributed by atoms with Crippen LogP contribution in [0.2, 0.25) is 0 Å². The summed E-state index contributed by atoms with van der Waals surface area (Å²) in [4.78, 5) is 18.2. The van der Waals surface area contributed by atoms with Crippen LogP contribution < -0.4 is 4.90 Å². The Morgan fingerprint density at radius 1 is 1.21 bits per heavy atom. The van der Waals surface area contributed by atoms with Gasteiger partial charge in [-0.2, -0.15) is 0 Å². The van der Waals surface area contributed by atoms with Gasteiger partial charge in [0.05, 0.1) is 34.0 Å². The highest BCUT2D eigenvalue weighted by Crippen LogP contribution is 2.35. The van der Waals surface area contributed by atoms with E-state index in [-0.39, 0.29) is 30.2 Å². The number of aliphatic hydroxyl groups excluding tert-OH is 1. The van der Waals surface area contributed by atoms with Crippen molar-refractivity contribution in [2.75, 3.05) is 11.4 Å². The van der Waals surface area contributed by atoms with Gasteiger partial charge in [-0.05, 0) is 50.2 Å². The number of carbonyl (C=O) groups excluding carboxylic acids is 1. The summed E-state index contributed by atoms with van der Waals surface area (Å²) in [6.45, 7) is 3.80. The van der Waals surface area contributed by atoms with Gasteiger partial charge in [0.15, 0.2) is 0 Å². The van der Waals surface area contributed by atoms with E-state index < -0.39 is 0 Å². The molecular weight excluding hydrogens is 374 g/mol. The monoisotopic (exact) mass is 393 g/mol. The van der Waals surface area contributed by atoms with Gasteiger partial charge in [0, 0.05) is 5.69 Å². The summed E-state index contributed by atoms with van der Waals surface area (Å²) in [5, 5.41) is 19.7. The van der Waals surface area contributed by atoms with Crippen LogP contribution in [0.25, 0.3) is 15.8 Å². The van der Waals surface area contributed by atoms with Crippen LogP contribution in [-0.4, -0.2) is 34.5 Å². The van der Waals surface area contributed by atoms with Gasteiger partial charge in [0.1, 0.15) is 16.6 Å². The van der Waals surface area contributed by atoms with Crippen molar-refractivity contribution in [2.24, 2.45) is 0 Å². The van der Waals surface area contributed by atoms with Crippen LogP contribution in [0.15, 0.2) is 54.3 Å². The Morgan fingerprint density at radius 3 is 2.61 bits per heavy atom. The van der Waals surface area contributed by atoms with Gasteiger partial charge < -0.3 is 14.7 Å². The van der Waals surface area contributed by atoms with E-state index >= 15 is 0 Å². The number of thiazole rings is 1. The molecule has 2 aromatic carbocycles. The number of hydrogen-bond acceptors (Lipinski definition) is 6. The summed E-state index contributed by atoms with van der Waals surface area (Å²) in [7, 11) is 0. The SMILES string of the molecule is CC(C)OC(=O)c1ccc(N2CC(O)=C(c3nc4ccccc4s3)C2=N)cc1. The third-order valence-corrected chi connectivity index (χ3v) is 5.42. The van der Waals surface area contributed by atoms with E-state index in [1.807, 2.05) is 24.3 Å². The van der Waals surface area contributed by atoms with Gasteiger partial charge in [0.2, 0.25) is 0 Å². The molecule has 2 heterocycles. The number of amidine groups is 1. The zero-order valence-corrected chi connectivity index (χ0v) is 16.3. The Hall–Kier alpha value is -3.19. The van der Waals surface area contributed by atoms with E-state index in [4.69, 9.17) is 10.1 Å². The fourth-order valence-corrected chi connectivity index (χ4v) is 4.10. The summed E-state index contributed by atoms with van der Waals surface area (Å²) >= 11 is 1.45. The second-order valence-corrected chi connectivity index (χ2v) is 7.77. The van der Waals surface area contributed by atoms with E-state index in [1.165, 1.54) is 11.3 Å². The molecule has 0 amide bonds. The highest BCUT2D eigenvalue weighted by atomic mass is 32.1. The Balaban J connectivity index is 1.58. The predicted octanol–water partition coefficient (Wildman–Crippen LogP) is 4.63. The molecule has 0 unspecified atom stereocenters. The fourth-order valence-electron chi connectivity index (χ4n) is 3.06. The van der Waals surface area contributed by atoms with Crippen molar-refractivity contribution in [3.05, 3.63) is 64.9 Å². The molecule has 1 aliphatic rings. The normalized spacial score (nSPS) is 14.4. The highest BCUT2D eigenvalue weighted by Gasteiger charge is 2.31. The number of nitrogens with one attached hydrogen (secondary N) is 1. The maximum atomic E-state index is 12.0. The van der Waals surface area contributed by atoms with Crippen LogP contribution in [0.1, 0.15) is 29.2 Å². The molecule has 0 aliphatic carbocycles. The highest BCUT2D eigenvalue weighted by molar-refractivity contribution is 7.19. The van der Waals surface area contributed by atoms with Crippen molar-refractivity contribution < 1.29 is 14.6 Å². The van der Waals surface area contributed by atoms with E-state index in [9.17, 15) is 9.90 Å². The molecular formula is C21H19N3O3S. The first-order chi connectivity index (χ1) is 13.4. The molecule has 142 valence electrons. The van der Waals surface area contributed by atoms with Crippen molar-refractivity contribution in [2.45, 2.75) is 20.0 Å². The summed E-state index contributed by atoms with van der Waals surface area (Å²) in [5.41, 5.74) is 2.46. The van der Waals surface area contributed by atoms with Crippen molar-refractivity contribution in [1.29, 1.82) is 5.41 Å². The van der Waals surface area contributed by atoms with Gasteiger partial charge in [0.25, 0.3) is 0 Å². The lowest BCUT2D eigenvalue weighted by Gasteiger charge is -2.19. The molecule has 6 nitrogen and oxygen atoms in total. The number of hydrogen-bond donors (Lipinski definition) is 2. The molecule has 4 rings (SSSR count). The smallest absolute Gasteiger partial charge is 0.338 e. The first-order valence-corrected chi connectivity index (χ1v) is 9.71. The van der Waals surface area contributed by atoms with E-state index in [2.05, 4.69) is 4.98 Å². The molecule has 0 spiro atoms. The second kappa shape index (κ2) is 7.09. The number of esters is 1. The molecule has 0 radical (unpaired) electrons. The molecule has 0 bridgehead atoms. The van der Waals surface area contributed by atoms with Gasteiger partial charge in [-0.1, -0.05) is 12.1 Å². The van der Waals surface area contributed by atoms with Crippen molar-refractivity contribution >= 4 is 44.6 Å². The van der Waals surface area contributed by atoms with E-state index in [1.54, 1.807) is 43.0 Å². The average molecular weight is 393 g/mol. The van der Waals surface area contributed by atoms with Crippen LogP contribution in [0, 0.1) is 5.41 Å². The van der Waals surface area contributed by atoms with Crippen LogP contribution >= 0.6 is 11.3 Å². The van der Waals surface area contributed by atoms with Crippen molar-refractivity contribution in [1.82, 2.24) is 4.98 Å². The summed E-state index contributed by atoms with van der Waals surface area (Å²) < 4.78 is 6.20. The Morgan fingerprint density at radius 2 is 1.93 bits per heavy atom. The molecule has 1 aromatic heterocycles. The van der Waals surface area contributed by atoms with E-state index in [0.717, 1.165) is 10.2 Å². The number of benzene rings is 2. The largest absolute Gasteiger partial charge is 0.510 e. The van der Waals surface area contributed by atoms with Crippen LogP contribution in [0.5, 0.6) is 0 Å². The molecule has 28 heavy (non-hydrogen) atoms. The van der Waals surface area contributed by atoms with Crippen LogP contribution in [0.4, 0.5) is 5.69 Å². The Labute approximate surface area is 166 Å². The predicted molar refractivity (Wildman–Crippen MR) is 111 cm³/mol. The third kappa shape index (κ3) is 3.25. The van der Waals surface area contributed by atoms with Crippen molar-refractivity contribution in [3.63, 3.8) is 0 Å². The maximum Gasteiger partial charge on any atom is 0.338 e.